The molecule has 0 aliphatic carbocycles. The smallest absolute Gasteiger partial charge is 0.0630 e. The fourth-order valence-corrected chi connectivity index (χ4v) is 2.16. The molecule has 2 nitrogen and oxygen atoms in total. The number of piperidine rings is 1. The largest absolute Gasteiger partial charge is 0.378 e. The average Bonchev–Trinajstić information content (AvgIpc) is 2.14. The molecule has 0 N–H and O–H groups in total. The molecule has 14 heavy (non-hydrogen) atoms. The minimum Gasteiger partial charge on any atom is -0.378 e. The summed E-state index contributed by atoms with van der Waals surface area (Å²) in [6.45, 7) is 11.2. The molecular formula is C12H25NO. The van der Waals surface area contributed by atoms with Gasteiger partial charge in [0.2, 0.25) is 0 Å². The van der Waals surface area contributed by atoms with Gasteiger partial charge in [-0.15, -0.1) is 0 Å². The van der Waals surface area contributed by atoms with Crippen LogP contribution in [0.15, 0.2) is 0 Å². The van der Waals surface area contributed by atoms with Gasteiger partial charge in [0.15, 0.2) is 0 Å². The maximum atomic E-state index is 5.90. The van der Waals surface area contributed by atoms with Crippen molar-refractivity contribution in [2.45, 2.75) is 52.2 Å². The monoisotopic (exact) mass is 199 g/mol. The van der Waals surface area contributed by atoms with Crippen molar-refractivity contribution in [2.24, 2.45) is 5.92 Å². The van der Waals surface area contributed by atoms with Crippen LogP contribution in [0.25, 0.3) is 0 Å². The number of hydrogen-bond donors (Lipinski definition) is 0. The van der Waals surface area contributed by atoms with Gasteiger partial charge < -0.3 is 9.64 Å². The lowest BCUT2D eigenvalue weighted by molar-refractivity contribution is -0.0784. The van der Waals surface area contributed by atoms with E-state index in [9.17, 15) is 0 Å². The normalized spacial score (nSPS) is 33.2. The van der Waals surface area contributed by atoms with Crippen LogP contribution in [0, 0.1) is 5.92 Å². The second-order valence-electron chi connectivity index (χ2n) is 5.06. The van der Waals surface area contributed by atoms with Gasteiger partial charge in [-0.25, -0.2) is 0 Å². The fraction of sp³-hybridized carbons (Fsp3) is 1.00. The molecule has 2 unspecified atom stereocenters. The Hall–Kier alpha value is -0.0800. The molecule has 0 aromatic carbocycles. The predicted octanol–water partition coefficient (Wildman–Crippen LogP) is 2.53. The van der Waals surface area contributed by atoms with E-state index in [0.29, 0.717) is 12.0 Å². The van der Waals surface area contributed by atoms with Crippen LogP contribution < -0.4 is 0 Å². The Morgan fingerprint density at radius 3 is 2.64 bits per heavy atom. The molecule has 0 aromatic rings. The second kappa shape index (κ2) is 4.63. The van der Waals surface area contributed by atoms with Crippen molar-refractivity contribution in [3.63, 3.8) is 0 Å². The summed E-state index contributed by atoms with van der Waals surface area (Å²) in [4.78, 5) is 2.45. The van der Waals surface area contributed by atoms with E-state index in [1.165, 1.54) is 6.42 Å². The quantitative estimate of drug-likeness (QED) is 0.692. The van der Waals surface area contributed by atoms with Gasteiger partial charge in [0.1, 0.15) is 0 Å². The molecule has 0 spiro atoms. The van der Waals surface area contributed by atoms with Gasteiger partial charge in [0.25, 0.3) is 0 Å². The minimum atomic E-state index is 0.274. The summed E-state index contributed by atoms with van der Waals surface area (Å²) in [6, 6.07) is 0. The first-order valence-corrected chi connectivity index (χ1v) is 5.83. The van der Waals surface area contributed by atoms with E-state index < -0.39 is 0 Å². The maximum absolute atomic E-state index is 5.90. The van der Waals surface area contributed by atoms with E-state index in [1.54, 1.807) is 0 Å². The Balaban J connectivity index is 2.56. The SMILES string of the molecule is CCCOC1CCN(C)C(C)(C)C1C. The van der Waals surface area contributed by atoms with Gasteiger partial charge in [0, 0.05) is 24.6 Å². The van der Waals surface area contributed by atoms with Gasteiger partial charge in [-0.3, -0.25) is 0 Å². The molecule has 1 aliphatic heterocycles. The maximum Gasteiger partial charge on any atom is 0.0630 e. The Morgan fingerprint density at radius 2 is 2.07 bits per heavy atom. The lowest BCUT2D eigenvalue weighted by atomic mass is 9.79. The first kappa shape index (κ1) is 12.0. The number of likely N-dealkylation sites (tertiary alicyclic amines) is 1. The van der Waals surface area contributed by atoms with Crippen molar-refractivity contribution in [1.29, 1.82) is 0 Å². The minimum absolute atomic E-state index is 0.274. The van der Waals surface area contributed by atoms with Crippen LogP contribution >= 0.6 is 0 Å². The summed E-state index contributed by atoms with van der Waals surface area (Å²) in [5.74, 6) is 0.618. The zero-order valence-electron chi connectivity index (χ0n) is 10.3. The van der Waals surface area contributed by atoms with E-state index >= 15 is 0 Å². The highest BCUT2D eigenvalue weighted by Crippen LogP contribution is 2.33. The topological polar surface area (TPSA) is 12.5 Å². The third-order valence-corrected chi connectivity index (χ3v) is 3.94. The predicted molar refractivity (Wildman–Crippen MR) is 60.5 cm³/mol. The zero-order valence-corrected chi connectivity index (χ0v) is 10.3. The Morgan fingerprint density at radius 1 is 1.43 bits per heavy atom. The van der Waals surface area contributed by atoms with E-state index in [-0.39, 0.29) is 5.54 Å². The van der Waals surface area contributed by atoms with Crippen molar-refractivity contribution < 1.29 is 4.74 Å². The Kier molecular flexibility index (Phi) is 3.96. The summed E-state index contributed by atoms with van der Waals surface area (Å²) < 4.78 is 5.90. The second-order valence-corrected chi connectivity index (χ2v) is 5.06. The van der Waals surface area contributed by atoms with Gasteiger partial charge >= 0.3 is 0 Å². The fourth-order valence-electron chi connectivity index (χ4n) is 2.16. The van der Waals surface area contributed by atoms with Crippen LogP contribution in [0.3, 0.4) is 0 Å². The molecule has 1 saturated heterocycles. The highest BCUT2D eigenvalue weighted by atomic mass is 16.5. The number of rotatable bonds is 3. The molecule has 0 radical (unpaired) electrons. The van der Waals surface area contributed by atoms with Crippen molar-refractivity contribution >= 4 is 0 Å². The third-order valence-electron chi connectivity index (χ3n) is 3.94. The molecule has 2 heteroatoms. The van der Waals surface area contributed by atoms with Gasteiger partial charge in [-0.1, -0.05) is 13.8 Å². The number of nitrogens with zero attached hydrogens (tertiary/aromatic N) is 1. The van der Waals surface area contributed by atoms with Gasteiger partial charge in [0.05, 0.1) is 6.10 Å². The summed E-state index contributed by atoms with van der Waals surface area (Å²) >= 11 is 0. The van der Waals surface area contributed by atoms with E-state index in [2.05, 4.69) is 39.6 Å². The van der Waals surface area contributed by atoms with Crippen LogP contribution in [-0.2, 0) is 4.74 Å². The van der Waals surface area contributed by atoms with E-state index in [4.69, 9.17) is 4.74 Å². The average molecular weight is 199 g/mol. The van der Waals surface area contributed by atoms with Crippen LogP contribution in [-0.4, -0.2) is 36.7 Å². The summed E-state index contributed by atoms with van der Waals surface area (Å²) in [7, 11) is 2.21. The van der Waals surface area contributed by atoms with Crippen molar-refractivity contribution in [3.05, 3.63) is 0 Å². The van der Waals surface area contributed by atoms with Crippen LogP contribution in [0.2, 0.25) is 0 Å². The lowest BCUT2D eigenvalue weighted by Gasteiger charge is -2.48. The van der Waals surface area contributed by atoms with Crippen LogP contribution in [0.4, 0.5) is 0 Å². The van der Waals surface area contributed by atoms with Crippen molar-refractivity contribution in [3.8, 4) is 0 Å². The first-order chi connectivity index (χ1) is 6.50. The molecular weight excluding hydrogens is 174 g/mol. The first-order valence-electron chi connectivity index (χ1n) is 5.83. The standard InChI is InChI=1S/C12H25NO/c1-6-9-14-11-7-8-13(5)12(3,4)10(11)2/h10-11H,6-9H2,1-5H3. The molecule has 0 amide bonds. The van der Waals surface area contributed by atoms with Gasteiger partial charge in [-0.2, -0.15) is 0 Å². The third kappa shape index (κ3) is 2.29. The molecule has 1 fully saturated rings. The van der Waals surface area contributed by atoms with Crippen molar-refractivity contribution in [1.82, 2.24) is 4.90 Å². The molecule has 1 rings (SSSR count). The summed E-state index contributed by atoms with van der Waals surface area (Å²) in [5.41, 5.74) is 0.274. The molecule has 0 aromatic heterocycles. The molecule has 0 bridgehead atoms. The summed E-state index contributed by atoms with van der Waals surface area (Å²) in [5, 5.41) is 0. The Labute approximate surface area is 88.6 Å². The number of ether oxygens (including phenoxy) is 1. The van der Waals surface area contributed by atoms with Crippen molar-refractivity contribution in [2.75, 3.05) is 20.2 Å². The van der Waals surface area contributed by atoms with Gasteiger partial charge in [-0.05, 0) is 33.7 Å². The highest BCUT2D eigenvalue weighted by molar-refractivity contribution is 4.93. The molecule has 0 saturated carbocycles. The molecule has 84 valence electrons. The van der Waals surface area contributed by atoms with Crippen LogP contribution in [0.5, 0.6) is 0 Å². The molecule has 1 aliphatic rings. The molecule has 2 atom stereocenters. The van der Waals surface area contributed by atoms with E-state index in [0.717, 1.165) is 19.6 Å². The highest BCUT2D eigenvalue weighted by Gasteiger charge is 2.39. The molecule has 1 heterocycles. The summed E-state index contributed by atoms with van der Waals surface area (Å²) in [6.07, 6.45) is 2.77. The Bertz CT molecular complexity index is 177. The number of hydrogen-bond acceptors (Lipinski definition) is 2. The van der Waals surface area contributed by atoms with Crippen LogP contribution in [0.1, 0.15) is 40.5 Å². The van der Waals surface area contributed by atoms with E-state index in [1.807, 2.05) is 0 Å². The lowest BCUT2D eigenvalue weighted by Crippen LogP contribution is -2.56. The zero-order chi connectivity index (χ0) is 10.8.